The van der Waals surface area contributed by atoms with Gasteiger partial charge in [0.15, 0.2) is 5.16 Å². The molecule has 0 unspecified atom stereocenters. The smallest absolute Gasteiger partial charge is 0.232 e. The molecule has 32 heavy (non-hydrogen) atoms. The lowest BCUT2D eigenvalue weighted by atomic mass is 10.2. The van der Waals surface area contributed by atoms with E-state index >= 15 is 0 Å². The summed E-state index contributed by atoms with van der Waals surface area (Å²) in [5.41, 5.74) is 2.46. The van der Waals surface area contributed by atoms with Crippen molar-refractivity contribution in [2.45, 2.75) is 17.8 Å². The first-order valence-corrected chi connectivity index (χ1v) is 11.4. The average Bonchev–Trinajstić information content (AvgIpc) is 3.42. The van der Waals surface area contributed by atoms with Gasteiger partial charge in [-0.15, -0.1) is 10.2 Å². The quantitative estimate of drug-likeness (QED) is 0.400. The third-order valence-corrected chi connectivity index (χ3v) is 6.17. The van der Waals surface area contributed by atoms with E-state index in [9.17, 15) is 4.39 Å². The Morgan fingerprint density at radius 3 is 2.62 bits per heavy atom. The van der Waals surface area contributed by atoms with Crippen molar-refractivity contribution in [3.63, 3.8) is 0 Å². The first-order valence-electron chi connectivity index (χ1n) is 10.4. The summed E-state index contributed by atoms with van der Waals surface area (Å²) in [4.78, 5) is 6.79. The number of thioether (sulfide) groups is 1. The molecule has 0 aliphatic carbocycles. The minimum atomic E-state index is -0.306. The van der Waals surface area contributed by atoms with Crippen LogP contribution in [0, 0.1) is 12.7 Å². The Bertz CT molecular complexity index is 1200. The molecule has 0 atom stereocenters. The molecule has 4 aromatic rings. The molecule has 0 radical (unpaired) electrons. The van der Waals surface area contributed by atoms with Crippen LogP contribution in [0.3, 0.4) is 0 Å². The lowest BCUT2D eigenvalue weighted by molar-refractivity contribution is 0.122. The molecule has 1 fully saturated rings. The molecule has 1 saturated heterocycles. The number of rotatable bonds is 6. The number of aryl methyl sites for hydroxylation is 1. The van der Waals surface area contributed by atoms with Crippen LogP contribution in [0.1, 0.15) is 11.5 Å². The zero-order valence-electron chi connectivity index (χ0n) is 17.6. The van der Waals surface area contributed by atoms with Crippen LogP contribution in [-0.4, -0.2) is 46.1 Å². The van der Waals surface area contributed by atoms with Gasteiger partial charge in [0.1, 0.15) is 11.6 Å². The fourth-order valence-corrected chi connectivity index (χ4v) is 4.51. The van der Waals surface area contributed by atoms with E-state index in [0.29, 0.717) is 54.7 Å². The molecule has 0 amide bonds. The molecule has 5 rings (SSSR count). The van der Waals surface area contributed by atoms with Crippen LogP contribution in [-0.2, 0) is 10.5 Å². The van der Waals surface area contributed by atoms with Gasteiger partial charge in [0, 0.05) is 24.4 Å². The molecule has 9 heteroatoms. The number of benzene rings is 2. The van der Waals surface area contributed by atoms with Gasteiger partial charge >= 0.3 is 0 Å². The van der Waals surface area contributed by atoms with Gasteiger partial charge in [0.25, 0.3) is 0 Å². The van der Waals surface area contributed by atoms with Crippen molar-refractivity contribution < 1.29 is 13.5 Å². The number of oxazole rings is 1. The van der Waals surface area contributed by atoms with E-state index in [1.165, 1.54) is 23.9 Å². The predicted octanol–water partition coefficient (Wildman–Crippen LogP) is 4.50. The number of hydrogen-bond donors (Lipinski definition) is 0. The molecule has 2 aromatic heterocycles. The number of hydrogen-bond acceptors (Lipinski definition) is 7. The summed E-state index contributed by atoms with van der Waals surface area (Å²) >= 11 is 1.49. The monoisotopic (exact) mass is 451 g/mol. The molecule has 0 spiro atoms. The number of anilines is 1. The number of ether oxygens (including phenoxy) is 1. The number of halogens is 1. The topological polar surface area (TPSA) is 69.2 Å². The van der Waals surface area contributed by atoms with E-state index in [4.69, 9.17) is 9.15 Å². The largest absolute Gasteiger partial charge is 0.441 e. The van der Waals surface area contributed by atoms with Crippen LogP contribution in [0.4, 0.5) is 10.3 Å². The summed E-state index contributed by atoms with van der Waals surface area (Å²) in [6.45, 7) is 4.57. The average molecular weight is 452 g/mol. The fourth-order valence-electron chi connectivity index (χ4n) is 3.56. The van der Waals surface area contributed by atoms with E-state index < -0.39 is 0 Å². The summed E-state index contributed by atoms with van der Waals surface area (Å²) in [6.07, 6.45) is 0. The van der Waals surface area contributed by atoms with Gasteiger partial charge in [-0.05, 0) is 37.3 Å². The van der Waals surface area contributed by atoms with Gasteiger partial charge in [0.2, 0.25) is 11.8 Å². The minimum Gasteiger partial charge on any atom is -0.441 e. The molecular weight excluding hydrogens is 429 g/mol. The van der Waals surface area contributed by atoms with Crippen LogP contribution < -0.4 is 4.90 Å². The Morgan fingerprint density at radius 1 is 1.03 bits per heavy atom. The highest BCUT2D eigenvalue weighted by Crippen LogP contribution is 2.31. The van der Waals surface area contributed by atoms with E-state index in [1.807, 2.05) is 47.9 Å². The van der Waals surface area contributed by atoms with Crippen molar-refractivity contribution >= 4 is 17.7 Å². The molecule has 0 saturated carbocycles. The second-order valence-corrected chi connectivity index (χ2v) is 8.32. The SMILES string of the molecule is Cc1oc(-c2ccccc2)nc1CSc1nnc(N2CCOCC2)n1-c1cccc(F)c1. The lowest BCUT2D eigenvalue weighted by Gasteiger charge is -2.27. The van der Waals surface area contributed by atoms with Crippen LogP contribution in [0.2, 0.25) is 0 Å². The summed E-state index contributed by atoms with van der Waals surface area (Å²) in [6, 6.07) is 16.3. The van der Waals surface area contributed by atoms with Crippen LogP contribution in [0.15, 0.2) is 64.2 Å². The molecule has 1 aliphatic rings. The highest BCUT2D eigenvalue weighted by Gasteiger charge is 2.23. The van der Waals surface area contributed by atoms with E-state index in [0.717, 1.165) is 17.0 Å². The molecule has 2 aromatic carbocycles. The van der Waals surface area contributed by atoms with Crippen LogP contribution in [0.5, 0.6) is 0 Å². The Labute approximate surface area is 189 Å². The molecular formula is C23H22FN5O2S. The maximum Gasteiger partial charge on any atom is 0.232 e. The van der Waals surface area contributed by atoms with Gasteiger partial charge in [0.05, 0.1) is 24.6 Å². The van der Waals surface area contributed by atoms with Gasteiger partial charge in [-0.1, -0.05) is 36.0 Å². The zero-order chi connectivity index (χ0) is 21.9. The van der Waals surface area contributed by atoms with E-state index in [1.54, 1.807) is 6.07 Å². The van der Waals surface area contributed by atoms with Crippen molar-refractivity contribution in [1.82, 2.24) is 19.7 Å². The van der Waals surface area contributed by atoms with Crippen molar-refractivity contribution in [2.24, 2.45) is 0 Å². The second-order valence-electron chi connectivity index (χ2n) is 7.37. The molecule has 164 valence electrons. The summed E-state index contributed by atoms with van der Waals surface area (Å²) in [5.74, 6) is 2.29. The van der Waals surface area contributed by atoms with Gasteiger partial charge in [-0.3, -0.25) is 4.57 Å². The minimum absolute atomic E-state index is 0.306. The lowest BCUT2D eigenvalue weighted by Crippen LogP contribution is -2.37. The standard InChI is InChI=1S/C23H22FN5O2S/c1-16-20(25-21(31-16)17-6-3-2-4-7-17)15-32-23-27-26-22(28-10-12-30-13-11-28)29(23)19-9-5-8-18(24)14-19/h2-9,14H,10-13,15H2,1H3. The number of aromatic nitrogens is 4. The normalized spacial score (nSPS) is 14.1. The highest BCUT2D eigenvalue weighted by molar-refractivity contribution is 7.98. The number of nitrogens with zero attached hydrogens (tertiary/aromatic N) is 5. The molecule has 3 heterocycles. The van der Waals surface area contributed by atoms with Gasteiger partial charge in [-0.2, -0.15) is 0 Å². The van der Waals surface area contributed by atoms with Gasteiger partial charge in [-0.25, -0.2) is 9.37 Å². The summed E-state index contributed by atoms with van der Waals surface area (Å²) in [7, 11) is 0. The predicted molar refractivity (Wildman–Crippen MR) is 121 cm³/mol. The first kappa shape index (κ1) is 20.7. The summed E-state index contributed by atoms with van der Waals surface area (Å²) < 4.78 is 27.3. The Balaban J connectivity index is 1.44. The van der Waals surface area contributed by atoms with Gasteiger partial charge < -0.3 is 14.1 Å². The first-order chi connectivity index (χ1) is 15.7. The highest BCUT2D eigenvalue weighted by atomic mass is 32.2. The summed E-state index contributed by atoms with van der Waals surface area (Å²) in [5, 5.41) is 9.52. The molecule has 0 N–H and O–H groups in total. The fraction of sp³-hybridized carbons (Fsp3) is 0.261. The maximum atomic E-state index is 14.0. The van der Waals surface area contributed by atoms with Crippen molar-refractivity contribution in [1.29, 1.82) is 0 Å². The second kappa shape index (κ2) is 9.13. The Morgan fingerprint density at radius 2 is 1.84 bits per heavy atom. The van der Waals surface area contributed by atoms with E-state index in [2.05, 4.69) is 20.1 Å². The Kier molecular flexibility index (Phi) is 5.91. The third-order valence-electron chi connectivity index (χ3n) is 5.23. The van der Waals surface area contributed by atoms with Crippen molar-refractivity contribution in [3.05, 3.63) is 71.9 Å². The Hall–Kier alpha value is -3.17. The number of morpholine rings is 1. The van der Waals surface area contributed by atoms with Crippen molar-refractivity contribution in [3.8, 4) is 17.1 Å². The maximum absolute atomic E-state index is 14.0. The third kappa shape index (κ3) is 4.26. The molecule has 1 aliphatic heterocycles. The van der Waals surface area contributed by atoms with Crippen LogP contribution >= 0.6 is 11.8 Å². The zero-order valence-corrected chi connectivity index (χ0v) is 18.4. The van der Waals surface area contributed by atoms with E-state index in [-0.39, 0.29) is 5.82 Å². The van der Waals surface area contributed by atoms with Crippen molar-refractivity contribution in [2.75, 3.05) is 31.2 Å². The molecule has 7 nitrogen and oxygen atoms in total. The van der Waals surface area contributed by atoms with Crippen LogP contribution in [0.25, 0.3) is 17.1 Å². The molecule has 0 bridgehead atoms.